The highest BCUT2D eigenvalue weighted by Gasteiger charge is 2.50. The van der Waals surface area contributed by atoms with Gasteiger partial charge in [0.15, 0.2) is 0 Å². The number of sulfonamides is 1. The van der Waals surface area contributed by atoms with Crippen LogP contribution in [0.2, 0.25) is 0 Å². The van der Waals surface area contributed by atoms with Crippen molar-refractivity contribution in [2.24, 2.45) is 5.92 Å². The standard InChI is InChI=1S/C21H28N6O3S/c1-23-31(29,30)17-9-7-16(8-10-17)20(28)24-19(15-5-3-2-4-6-15)18-13-27(26-25-18)21(14-22)11-12-21/h7-10,13,15,19,23,25-26H,2-6,11-12H2,1H3,(H,24,28)/t19-/m0/s1. The van der Waals surface area contributed by atoms with Gasteiger partial charge in [-0.15, -0.1) is 5.53 Å². The molecule has 1 aliphatic heterocycles. The van der Waals surface area contributed by atoms with Crippen LogP contribution in [0.5, 0.6) is 0 Å². The molecular formula is C21H28N6O3S. The van der Waals surface area contributed by atoms with Crippen molar-refractivity contribution in [3.63, 3.8) is 0 Å². The number of hydrazine groups is 2. The van der Waals surface area contributed by atoms with E-state index in [0.717, 1.165) is 44.2 Å². The van der Waals surface area contributed by atoms with Gasteiger partial charge >= 0.3 is 0 Å². The van der Waals surface area contributed by atoms with E-state index >= 15 is 0 Å². The number of rotatable bonds is 7. The molecule has 0 radical (unpaired) electrons. The summed E-state index contributed by atoms with van der Waals surface area (Å²) < 4.78 is 26.1. The van der Waals surface area contributed by atoms with Gasteiger partial charge in [0.1, 0.15) is 5.54 Å². The molecule has 166 valence electrons. The molecule has 1 aromatic rings. The summed E-state index contributed by atoms with van der Waals surface area (Å²) in [5, 5.41) is 14.4. The zero-order valence-electron chi connectivity index (χ0n) is 17.5. The van der Waals surface area contributed by atoms with E-state index in [1.54, 1.807) is 0 Å². The van der Waals surface area contributed by atoms with E-state index in [9.17, 15) is 18.5 Å². The smallest absolute Gasteiger partial charge is 0.251 e. The lowest BCUT2D eigenvalue weighted by Gasteiger charge is -2.31. The van der Waals surface area contributed by atoms with Gasteiger partial charge in [0.2, 0.25) is 10.0 Å². The largest absolute Gasteiger partial charge is 0.343 e. The third-order valence-electron chi connectivity index (χ3n) is 6.42. The maximum Gasteiger partial charge on any atom is 0.251 e. The molecule has 1 atom stereocenters. The highest BCUT2D eigenvalue weighted by atomic mass is 32.2. The van der Waals surface area contributed by atoms with Gasteiger partial charge in [-0.3, -0.25) is 9.80 Å². The molecule has 0 bridgehead atoms. The van der Waals surface area contributed by atoms with Gasteiger partial charge in [-0.1, -0.05) is 19.3 Å². The number of nitriles is 1. The molecule has 1 amide bonds. The molecule has 9 nitrogen and oxygen atoms in total. The number of carbonyl (C=O) groups is 1. The first kappa shape index (κ1) is 21.6. The van der Waals surface area contributed by atoms with Gasteiger partial charge in [-0.05, 0) is 62.9 Å². The quantitative estimate of drug-likeness (QED) is 0.502. The van der Waals surface area contributed by atoms with Gasteiger partial charge < -0.3 is 10.7 Å². The minimum absolute atomic E-state index is 0.113. The summed E-state index contributed by atoms with van der Waals surface area (Å²) in [6, 6.07) is 8.03. The molecule has 0 aromatic heterocycles. The Morgan fingerprint density at radius 2 is 1.90 bits per heavy atom. The molecule has 1 aromatic carbocycles. The van der Waals surface area contributed by atoms with Crippen LogP contribution in [0, 0.1) is 17.2 Å². The van der Waals surface area contributed by atoms with Crippen molar-refractivity contribution in [3.05, 3.63) is 41.7 Å². The predicted molar refractivity (Wildman–Crippen MR) is 114 cm³/mol. The summed E-state index contributed by atoms with van der Waals surface area (Å²) in [6.07, 6.45) is 9.01. The van der Waals surface area contributed by atoms with Crippen LogP contribution in [0.1, 0.15) is 55.3 Å². The zero-order valence-corrected chi connectivity index (χ0v) is 18.3. The van der Waals surface area contributed by atoms with Gasteiger partial charge in [0.25, 0.3) is 5.91 Å². The van der Waals surface area contributed by atoms with Crippen LogP contribution >= 0.6 is 0 Å². The number of nitrogens with one attached hydrogen (secondary N) is 4. The summed E-state index contributed by atoms with van der Waals surface area (Å²) in [4.78, 5) is 13.1. The van der Waals surface area contributed by atoms with Crippen LogP contribution in [-0.2, 0) is 10.0 Å². The Morgan fingerprint density at radius 1 is 1.23 bits per heavy atom. The van der Waals surface area contributed by atoms with Crippen molar-refractivity contribution >= 4 is 15.9 Å². The Labute approximate surface area is 182 Å². The minimum Gasteiger partial charge on any atom is -0.343 e. The van der Waals surface area contributed by atoms with E-state index in [2.05, 4.69) is 27.1 Å². The fourth-order valence-corrected chi connectivity index (χ4v) is 5.02. The second-order valence-electron chi connectivity index (χ2n) is 8.42. The Hall–Kier alpha value is -2.61. The molecule has 0 spiro atoms. The lowest BCUT2D eigenvalue weighted by molar-refractivity contribution is 0.0921. The predicted octanol–water partition coefficient (Wildman–Crippen LogP) is 1.50. The Morgan fingerprint density at radius 3 is 2.48 bits per heavy atom. The SMILES string of the molecule is CNS(=O)(=O)c1ccc(C(=O)N[C@H](C2=CN(C3(C#N)CC3)NN2)C2CCCCC2)cc1. The molecule has 4 rings (SSSR count). The molecule has 2 fully saturated rings. The molecular weight excluding hydrogens is 416 g/mol. The van der Waals surface area contributed by atoms with Gasteiger partial charge in [0, 0.05) is 11.8 Å². The Balaban J connectivity index is 1.53. The van der Waals surface area contributed by atoms with Crippen LogP contribution in [0.15, 0.2) is 41.1 Å². The molecule has 10 heteroatoms. The minimum atomic E-state index is -3.55. The fraction of sp³-hybridized carbons (Fsp3) is 0.524. The number of nitrogens with zero attached hydrogens (tertiary/aromatic N) is 2. The molecule has 0 unspecified atom stereocenters. The van der Waals surface area contributed by atoms with Crippen LogP contribution in [0.25, 0.3) is 0 Å². The monoisotopic (exact) mass is 444 g/mol. The molecule has 3 aliphatic rings. The average Bonchev–Trinajstić information content (AvgIpc) is 3.46. The summed E-state index contributed by atoms with van der Waals surface area (Å²) in [7, 11) is -2.20. The summed E-state index contributed by atoms with van der Waals surface area (Å²) >= 11 is 0. The number of carbonyl (C=O) groups excluding carboxylic acids is 1. The number of benzene rings is 1. The zero-order chi connectivity index (χ0) is 22.1. The molecule has 1 heterocycles. The van der Waals surface area contributed by atoms with Crippen LogP contribution in [-0.4, -0.2) is 38.0 Å². The van der Waals surface area contributed by atoms with Crippen molar-refractivity contribution in [1.29, 1.82) is 5.26 Å². The summed E-state index contributed by atoms with van der Waals surface area (Å²) in [6.45, 7) is 0. The first-order valence-electron chi connectivity index (χ1n) is 10.7. The summed E-state index contributed by atoms with van der Waals surface area (Å²) in [5.74, 6) is 0.0333. The highest BCUT2D eigenvalue weighted by molar-refractivity contribution is 7.89. The summed E-state index contributed by atoms with van der Waals surface area (Å²) in [5.41, 5.74) is 6.96. The number of hydrogen-bond acceptors (Lipinski definition) is 7. The van der Waals surface area contributed by atoms with Crippen molar-refractivity contribution in [1.82, 2.24) is 26.0 Å². The van der Waals surface area contributed by atoms with Crippen LogP contribution in [0.4, 0.5) is 0 Å². The van der Waals surface area contributed by atoms with Crippen molar-refractivity contribution in [3.8, 4) is 6.07 Å². The van der Waals surface area contributed by atoms with Gasteiger partial charge in [-0.2, -0.15) is 5.26 Å². The van der Waals surface area contributed by atoms with Crippen LogP contribution < -0.4 is 21.0 Å². The van der Waals surface area contributed by atoms with Crippen LogP contribution in [0.3, 0.4) is 0 Å². The first-order valence-corrected chi connectivity index (χ1v) is 12.2. The van der Waals surface area contributed by atoms with E-state index < -0.39 is 15.6 Å². The normalized spacial score (nSPS) is 21.5. The molecule has 2 aliphatic carbocycles. The van der Waals surface area contributed by atoms with E-state index in [0.29, 0.717) is 11.5 Å². The van der Waals surface area contributed by atoms with Crippen molar-refractivity contribution in [2.75, 3.05) is 7.05 Å². The van der Waals surface area contributed by atoms with E-state index in [-0.39, 0.29) is 16.8 Å². The maximum absolute atomic E-state index is 13.0. The fourth-order valence-electron chi connectivity index (χ4n) is 4.29. The molecule has 4 N–H and O–H groups in total. The second-order valence-corrected chi connectivity index (χ2v) is 10.3. The maximum atomic E-state index is 13.0. The topological polar surface area (TPSA) is 126 Å². The van der Waals surface area contributed by atoms with Gasteiger partial charge in [-0.25, -0.2) is 13.1 Å². The third-order valence-corrected chi connectivity index (χ3v) is 7.85. The van der Waals surface area contributed by atoms with E-state index in [1.165, 1.54) is 37.7 Å². The number of amides is 1. The van der Waals surface area contributed by atoms with E-state index in [1.807, 2.05) is 11.2 Å². The average molecular weight is 445 g/mol. The lowest BCUT2D eigenvalue weighted by Crippen LogP contribution is -2.48. The first-order chi connectivity index (χ1) is 14.9. The third kappa shape index (κ3) is 4.39. The van der Waals surface area contributed by atoms with E-state index in [4.69, 9.17) is 0 Å². The lowest BCUT2D eigenvalue weighted by atomic mass is 9.82. The molecule has 2 saturated carbocycles. The number of hydrogen-bond donors (Lipinski definition) is 4. The molecule has 31 heavy (non-hydrogen) atoms. The highest BCUT2D eigenvalue weighted by Crippen LogP contribution is 2.41. The Bertz CT molecular complexity index is 1000. The molecule has 0 saturated heterocycles. The van der Waals surface area contributed by atoms with Gasteiger partial charge in [0.05, 0.1) is 22.7 Å². The second kappa shape index (κ2) is 8.49. The Kier molecular flexibility index (Phi) is 5.92. The van der Waals surface area contributed by atoms with Crippen molar-refractivity contribution < 1.29 is 13.2 Å². The van der Waals surface area contributed by atoms with Crippen molar-refractivity contribution in [2.45, 2.75) is 61.4 Å².